The second-order valence-electron chi connectivity index (χ2n) is 8.27. The van der Waals surface area contributed by atoms with Crippen LogP contribution < -0.4 is 5.32 Å². The molecular weight excluding hydrogens is 432 g/mol. The van der Waals surface area contributed by atoms with E-state index in [9.17, 15) is 14.7 Å². The van der Waals surface area contributed by atoms with Gasteiger partial charge in [0, 0.05) is 16.6 Å². The molecule has 0 spiro atoms. The van der Waals surface area contributed by atoms with Gasteiger partial charge in [-0.15, -0.1) is 0 Å². The summed E-state index contributed by atoms with van der Waals surface area (Å²) in [6.45, 7) is 5.48. The van der Waals surface area contributed by atoms with E-state index in [1.807, 2.05) is 62.4 Å². The number of halogens is 1. The van der Waals surface area contributed by atoms with E-state index in [-0.39, 0.29) is 11.8 Å². The van der Waals surface area contributed by atoms with E-state index in [0.717, 1.165) is 10.0 Å². The number of carbonyl (C=O) groups is 2. The summed E-state index contributed by atoms with van der Waals surface area (Å²) >= 11 is 3.41. The van der Waals surface area contributed by atoms with Gasteiger partial charge in [-0.1, -0.05) is 54.0 Å². The molecule has 1 saturated carbocycles. The van der Waals surface area contributed by atoms with Crippen LogP contribution in [0.1, 0.15) is 39.2 Å². The summed E-state index contributed by atoms with van der Waals surface area (Å²) in [7, 11) is 0. The van der Waals surface area contributed by atoms with E-state index >= 15 is 0 Å². The SMILES string of the molecule is CC1(C)[C@H](C(=O)Nc2ccccc2N=Cc2ccc(Br)cc2)CC[C@]1(C)C(=O)O. The molecule has 0 radical (unpaired) electrons. The smallest absolute Gasteiger partial charge is 0.309 e. The normalized spacial score (nSPS) is 23.2. The van der Waals surface area contributed by atoms with Gasteiger partial charge in [0.1, 0.15) is 0 Å². The van der Waals surface area contributed by atoms with Gasteiger partial charge in [0.15, 0.2) is 0 Å². The van der Waals surface area contributed by atoms with Crippen molar-refractivity contribution >= 4 is 45.4 Å². The third kappa shape index (κ3) is 4.13. The van der Waals surface area contributed by atoms with Gasteiger partial charge in [-0.25, -0.2) is 0 Å². The van der Waals surface area contributed by atoms with Gasteiger partial charge in [0.05, 0.1) is 16.8 Å². The summed E-state index contributed by atoms with van der Waals surface area (Å²) < 4.78 is 0.995. The molecule has 0 heterocycles. The van der Waals surface area contributed by atoms with Gasteiger partial charge in [0.25, 0.3) is 0 Å². The first-order valence-electron chi connectivity index (χ1n) is 9.58. The minimum Gasteiger partial charge on any atom is -0.481 e. The third-order valence-electron chi connectivity index (χ3n) is 6.40. The second-order valence-corrected chi connectivity index (χ2v) is 9.18. The van der Waals surface area contributed by atoms with Crippen LogP contribution in [0.25, 0.3) is 0 Å². The Kier molecular flexibility index (Phi) is 5.94. The topological polar surface area (TPSA) is 78.8 Å². The molecule has 0 aromatic heterocycles. The van der Waals surface area contributed by atoms with Crippen molar-refractivity contribution in [1.82, 2.24) is 0 Å². The Morgan fingerprint density at radius 2 is 1.79 bits per heavy atom. The van der Waals surface area contributed by atoms with Crippen molar-refractivity contribution in [2.24, 2.45) is 21.7 Å². The molecule has 29 heavy (non-hydrogen) atoms. The van der Waals surface area contributed by atoms with Crippen molar-refractivity contribution in [2.45, 2.75) is 33.6 Å². The predicted octanol–water partition coefficient (Wildman–Crippen LogP) is 5.67. The number of aliphatic carboxylic acids is 1. The van der Waals surface area contributed by atoms with Crippen LogP contribution in [0.4, 0.5) is 11.4 Å². The van der Waals surface area contributed by atoms with E-state index in [1.54, 1.807) is 13.1 Å². The summed E-state index contributed by atoms with van der Waals surface area (Å²) in [6, 6.07) is 15.1. The molecule has 0 unspecified atom stereocenters. The second kappa shape index (κ2) is 8.11. The summed E-state index contributed by atoms with van der Waals surface area (Å²) in [5.74, 6) is -1.39. The molecule has 1 aliphatic carbocycles. The number of carbonyl (C=O) groups excluding carboxylic acids is 1. The van der Waals surface area contributed by atoms with E-state index in [1.165, 1.54) is 0 Å². The van der Waals surface area contributed by atoms with Gasteiger partial charge in [-0.05, 0) is 55.0 Å². The highest BCUT2D eigenvalue weighted by Gasteiger charge is 2.58. The average Bonchev–Trinajstić information content (AvgIpc) is 2.93. The minimum absolute atomic E-state index is 0.161. The summed E-state index contributed by atoms with van der Waals surface area (Å²) in [6.07, 6.45) is 2.78. The number of hydrogen-bond donors (Lipinski definition) is 2. The molecule has 3 rings (SSSR count). The van der Waals surface area contributed by atoms with E-state index in [0.29, 0.717) is 24.2 Å². The molecule has 6 heteroatoms. The number of carboxylic acids is 1. The Labute approximate surface area is 179 Å². The maximum atomic E-state index is 13.0. The fourth-order valence-corrected chi connectivity index (χ4v) is 4.21. The van der Waals surface area contributed by atoms with Gasteiger partial charge in [-0.2, -0.15) is 0 Å². The molecule has 0 bridgehead atoms. The molecule has 0 saturated heterocycles. The molecule has 1 aliphatic rings. The summed E-state index contributed by atoms with van der Waals surface area (Å²) in [4.78, 5) is 29.4. The largest absolute Gasteiger partial charge is 0.481 e. The van der Waals surface area contributed by atoms with Crippen LogP contribution in [0.2, 0.25) is 0 Å². The number of rotatable bonds is 5. The van der Waals surface area contributed by atoms with Crippen molar-refractivity contribution < 1.29 is 14.7 Å². The van der Waals surface area contributed by atoms with E-state index in [2.05, 4.69) is 26.2 Å². The number of hydrogen-bond acceptors (Lipinski definition) is 3. The Morgan fingerprint density at radius 3 is 2.41 bits per heavy atom. The van der Waals surface area contributed by atoms with Gasteiger partial charge in [-0.3, -0.25) is 14.6 Å². The van der Waals surface area contributed by atoms with Crippen molar-refractivity contribution in [1.29, 1.82) is 0 Å². The molecule has 2 aromatic rings. The van der Waals surface area contributed by atoms with Crippen molar-refractivity contribution in [3.05, 3.63) is 58.6 Å². The molecule has 152 valence electrons. The van der Waals surface area contributed by atoms with Crippen LogP contribution in [-0.4, -0.2) is 23.2 Å². The monoisotopic (exact) mass is 456 g/mol. The lowest BCUT2D eigenvalue weighted by atomic mass is 9.65. The molecule has 2 N–H and O–H groups in total. The fourth-order valence-electron chi connectivity index (χ4n) is 3.95. The number of carboxylic acid groups (broad SMARTS) is 1. The van der Waals surface area contributed by atoms with Crippen LogP contribution in [0, 0.1) is 16.7 Å². The summed E-state index contributed by atoms with van der Waals surface area (Å²) in [5, 5.41) is 12.7. The lowest BCUT2D eigenvalue weighted by molar-refractivity contribution is -0.154. The number of benzene rings is 2. The molecule has 5 nitrogen and oxygen atoms in total. The van der Waals surface area contributed by atoms with E-state index < -0.39 is 16.8 Å². The molecule has 2 aromatic carbocycles. The lowest BCUT2D eigenvalue weighted by Gasteiger charge is -2.37. The van der Waals surface area contributed by atoms with E-state index in [4.69, 9.17) is 0 Å². The zero-order valence-electron chi connectivity index (χ0n) is 16.8. The van der Waals surface area contributed by atoms with Crippen LogP contribution in [-0.2, 0) is 9.59 Å². The quantitative estimate of drug-likeness (QED) is 0.569. The lowest BCUT2D eigenvalue weighted by Crippen LogP contribution is -2.43. The first-order valence-corrected chi connectivity index (χ1v) is 10.4. The van der Waals surface area contributed by atoms with Crippen LogP contribution >= 0.6 is 15.9 Å². The molecule has 1 amide bonds. The molecule has 2 atom stereocenters. The number of amides is 1. The number of nitrogens with zero attached hydrogens (tertiary/aromatic N) is 1. The standard InChI is InChI=1S/C23H25BrN2O3/c1-22(2)17(12-13-23(22,3)21(28)29)20(27)26-19-7-5-4-6-18(19)25-14-15-8-10-16(24)11-9-15/h4-11,14,17H,12-13H2,1-3H3,(H,26,27)(H,28,29)/t17-,23+/m0/s1. The first kappa shape index (κ1) is 21.2. The zero-order valence-corrected chi connectivity index (χ0v) is 18.4. The zero-order chi connectivity index (χ0) is 21.2. The number of para-hydroxylation sites is 2. The molecular formula is C23H25BrN2O3. The number of anilines is 1. The third-order valence-corrected chi connectivity index (χ3v) is 6.93. The molecule has 0 aliphatic heterocycles. The van der Waals surface area contributed by atoms with Crippen LogP contribution in [0.15, 0.2) is 58.0 Å². The first-order chi connectivity index (χ1) is 13.6. The Bertz CT molecular complexity index is 953. The summed E-state index contributed by atoms with van der Waals surface area (Å²) in [5.41, 5.74) is 0.641. The number of nitrogens with one attached hydrogen (secondary N) is 1. The van der Waals surface area contributed by atoms with Crippen LogP contribution in [0.5, 0.6) is 0 Å². The Balaban J connectivity index is 1.80. The maximum Gasteiger partial charge on any atom is 0.309 e. The van der Waals surface area contributed by atoms with Crippen molar-refractivity contribution in [2.75, 3.05) is 5.32 Å². The maximum absolute atomic E-state index is 13.0. The number of aliphatic imine (C=N–C) groups is 1. The molecule has 1 fully saturated rings. The predicted molar refractivity (Wildman–Crippen MR) is 119 cm³/mol. The van der Waals surface area contributed by atoms with Gasteiger partial charge >= 0.3 is 5.97 Å². The van der Waals surface area contributed by atoms with Crippen molar-refractivity contribution in [3.63, 3.8) is 0 Å². The minimum atomic E-state index is -0.922. The highest BCUT2D eigenvalue weighted by molar-refractivity contribution is 9.10. The average molecular weight is 457 g/mol. The van der Waals surface area contributed by atoms with Crippen molar-refractivity contribution in [3.8, 4) is 0 Å². The van der Waals surface area contributed by atoms with Gasteiger partial charge in [0.2, 0.25) is 5.91 Å². The Morgan fingerprint density at radius 1 is 1.14 bits per heavy atom. The van der Waals surface area contributed by atoms with Gasteiger partial charge < -0.3 is 10.4 Å². The highest BCUT2D eigenvalue weighted by Crippen LogP contribution is 2.56. The highest BCUT2D eigenvalue weighted by atomic mass is 79.9. The fraction of sp³-hybridized carbons (Fsp3) is 0.348. The van der Waals surface area contributed by atoms with Crippen LogP contribution in [0.3, 0.4) is 0 Å². The Hall–Kier alpha value is -2.47.